The van der Waals surface area contributed by atoms with Gasteiger partial charge in [0.25, 0.3) is 5.92 Å². The fourth-order valence-electron chi connectivity index (χ4n) is 1.75. The molecule has 0 spiro atoms. The summed E-state index contributed by atoms with van der Waals surface area (Å²) >= 11 is 5.79. The predicted octanol–water partition coefficient (Wildman–Crippen LogP) is 4.15. The van der Waals surface area contributed by atoms with Crippen LogP contribution < -0.4 is 10.6 Å². The van der Waals surface area contributed by atoms with Crippen molar-refractivity contribution in [2.45, 2.75) is 45.3 Å². The molecule has 0 aliphatic carbocycles. The lowest BCUT2D eigenvalue weighted by Crippen LogP contribution is -2.45. The average molecular weight is 349 g/mol. The zero-order valence-corrected chi connectivity index (χ0v) is 14.5. The lowest BCUT2D eigenvalue weighted by molar-refractivity contribution is -0.00525. The van der Waals surface area contributed by atoms with Crippen LogP contribution in [0.15, 0.2) is 24.3 Å². The second kappa shape index (κ2) is 7.93. The van der Waals surface area contributed by atoms with E-state index >= 15 is 0 Å². The van der Waals surface area contributed by atoms with Crippen LogP contribution in [0, 0.1) is 0 Å². The number of alkyl carbamates (subject to hydrolysis) is 1. The van der Waals surface area contributed by atoms with E-state index < -0.39 is 30.7 Å². The molecule has 1 atom stereocenters. The minimum absolute atomic E-state index is 0.264. The number of nitrogens with one attached hydrogen (secondary N) is 2. The fraction of sp³-hybridized carbons (Fsp3) is 0.562. The molecule has 1 rings (SSSR count). The summed E-state index contributed by atoms with van der Waals surface area (Å²) in [5.41, 5.74) is 0.131. The third-order valence-corrected chi connectivity index (χ3v) is 3.18. The van der Waals surface area contributed by atoms with Crippen LogP contribution in [0.4, 0.5) is 13.6 Å². The summed E-state index contributed by atoms with van der Waals surface area (Å²) < 4.78 is 32.5. The smallest absolute Gasteiger partial charge is 0.407 e. The fourth-order valence-corrected chi connectivity index (χ4v) is 1.88. The Morgan fingerprint density at radius 3 is 2.30 bits per heavy atom. The molecule has 2 N–H and O–H groups in total. The van der Waals surface area contributed by atoms with Gasteiger partial charge < -0.3 is 15.4 Å². The third kappa shape index (κ3) is 8.13. The van der Waals surface area contributed by atoms with Crippen molar-refractivity contribution in [2.24, 2.45) is 0 Å². The molecule has 0 aliphatic heterocycles. The second-order valence-electron chi connectivity index (χ2n) is 6.37. The largest absolute Gasteiger partial charge is 0.444 e. The van der Waals surface area contributed by atoms with E-state index in [4.69, 9.17) is 16.3 Å². The van der Waals surface area contributed by atoms with E-state index in [-0.39, 0.29) is 6.04 Å². The highest BCUT2D eigenvalue weighted by Gasteiger charge is 2.30. The van der Waals surface area contributed by atoms with Crippen LogP contribution in [-0.4, -0.2) is 30.7 Å². The maximum absolute atomic E-state index is 13.8. The van der Waals surface area contributed by atoms with Gasteiger partial charge in [0.05, 0.1) is 13.1 Å². The molecule has 23 heavy (non-hydrogen) atoms. The summed E-state index contributed by atoms with van der Waals surface area (Å²) in [6.45, 7) is 5.43. The zero-order valence-electron chi connectivity index (χ0n) is 13.8. The predicted molar refractivity (Wildman–Crippen MR) is 87.1 cm³/mol. The summed E-state index contributed by atoms with van der Waals surface area (Å²) in [5.74, 6) is -3.09. The Bertz CT molecular complexity index is 516. The van der Waals surface area contributed by atoms with Crippen LogP contribution in [-0.2, 0) is 4.74 Å². The molecule has 7 heteroatoms. The average Bonchev–Trinajstić information content (AvgIpc) is 2.42. The number of carbonyl (C=O) groups excluding carboxylic acids is 1. The van der Waals surface area contributed by atoms with Crippen LogP contribution in [0.25, 0.3) is 0 Å². The minimum Gasteiger partial charge on any atom is -0.444 e. The first-order valence-electron chi connectivity index (χ1n) is 7.32. The van der Waals surface area contributed by atoms with E-state index in [0.29, 0.717) is 5.02 Å². The summed E-state index contributed by atoms with van der Waals surface area (Å²) in [5, 5.41) is 5.42. The lowest BCUT2D eigenvalue weighted by atomic mass is 10.1. The topological polar surface area (TPSA) is 50.4 Å². The quantitative estimate of drug-likeness (QED) is 0.812. The van der Waals surface area contributed by atoms with Gasteiger partial charge in [-0.15, -0.1) is 0 Å². The van der Waals surface area contributed by atoms with Gasteiger partial charge in [-0.25, -0.2) is 13.6 Å². The van der Waals surface area contributed by atoms with Crippen molar-refractivity contribution in [1.82, 2.24) is 10.6 Å². The van der Waals surface area contributed by atoms with E-state index in [9.17, 15) is 13.6 Å². The molecular formula is C16H23ClF2N2O2. The second-order valence-corrected chi connectivity index (χ2v) is 6.80. The van der Waals surface area contributed by atoms with Gasteiger partial charge in [0, 0.05) is 11.1 Å². The first-order valence-corrected chi connectivity index (χ1v) is 7.70. The van der Waals surface area contributed by atoms with Crippen molar-refractivity contribution in [1.29, 1.82) is 0 Å². The molecule has 4 nitrogen and oxygen atoms in total. The highest BCUT2D eigenvalue weighted by Crippen LogP contribution is 2.18. The monoisotopic (exact) mass is 348 g/mol. The number of carbonyl (C=O) groups is 1. The number of ether oxygens (including phenoxy) is 1. The Balaban J connectivity index is 2.42. The van der Waals surface area contributed by atoms with Gasteiger partial charge in [0.2, 0.25) is 0 Å². The molecule has 1 amide bonds. The molecule has 130 valence electrons. The van der Waals surface area contributed by atoms with E-state index in [0.717, 1.165) is 5.56 Å². The van der Waals surface area contributed by atoms with Gasteiger partial charge >= 0.3 is 6.09 Å². The molecule has 0 saturated heterocycles. The molecule has 1 aromatic rings. The summed E-state index contributed by atoms with van der Waals surface area (Å²) in [6.07, 6.45) is -0.858. The first kappa shape index (κ1) is 19.6. The molecule has 0 aliphatic rings. The van der Waals surface area contributed by atoms with E-state index in [1.165, 1.54) is 0 Å². The molecule has 0 bridgehead atoms. The lowest BCUT2D eigenvalue weighted by Gasteiger charge is -2.23. The number of amides is 1. The van der Waals surface area contributed by atoms with Crippen LogP contribution >= 0.6 is 11.6 Å². The number of hydrogen-bond donors (Lipinski definition) is 2. The van der Waals surface area contributed by atoms with Crippen molar-refractivity contribution in [3.8, 4) is 0 Å². The standard InChI is InChI=1S/C16H23ClF2N2O2/c1-11(12-5-7-13(17)8-6-12)20-9-16(18,19)10-21-14(22)23-15(2,3)4/h5-8,11,20H,9-10H2,1-4H3,(H,21,22). The van der Waals surface area contributed by atoms with E-state index in [1.807, 2.05) is 0 Å². The van der Waals surface area contributed by atoms with Crippen LogP contribution in [0.5, 0.6) is 0 Å². The van der Waals surface area contributed by atoms with Crippen LogP contribution in [0.3, 0.4) is 0 Å². The normalized spacial score (nSPS) is 13.5. The van der Waals surface area contributed by atoms with Gasteiger partial charge in [-0.2, -0.15) is 0 Å². The first-order chi connectivity index (χ1) is 10.5. The molecule has 0 heterocycles. The van der Waals surface area contributed by atoms with Crippen LogP contribution in [0.2, 0.25) is 5.02 Å². The van der Waals surface area contributed by atoms with E-state index in [2.05, 4.69) is 10.6 Å². The number of alkyl halides is 2. The van der Waals surface area contributed by atoms with Gasteiger partial charge in [-0.1, -0.05) is 23.7 Å². The van der Waals surface area contributed by atoms with E-state index in [1.54, 1.807) is 52.0 Å². The molecule has 0 aromatic heterocycles. The number of hydrogen-bond acceptors (Lipinski definition) is 3. The van der Waals surface area contributed by atoms with Crippen molar-refractivity contribution < 1.29 is 18.3 Å². The van der Waals surface area contributed by atoms with Crippen molar-refractivity contribution >= 4 is 17.7 Å². The number of rotatable bonds is 6. The Morgan fingerprint density at radius 1 is 1.22 bits per heavy atom. The number of benzene rings is 1. The van der Waals surface area contributed by atoms with Gasteiger partial charge in [0.15, 0.2) is 0 Å². The zero-order chi connectivity index (χ0) is 17.7. The Labute approximate surface area is 140 Å². The maximum Gasteiger partial charge on any atom is 0.407 e. The van der Waals surface area contributed by atoms with Gasteiger partial charge in [-0.3, -0.25) is 0 Å². The Kier molecular flexibility index (Phi) is 6.77. The maximum atomic E-state index is 13.8. The molecular weight excluding hydrogens is 326 g/mol. The minimum atomic E-state index is -3.09. The van der Waals surface area contributed by atoms with Crippen molar-refractivity contribution in [3.63, 3.8) is 0 Å². The molecule has 0 radical (unpaired) electrons. The summed E-state index contributed by atoms with van der Waals surface area (Å²) in [4.78, 5) is 11.4. The Morgan fingerprint density at radius 2 is 1.78 bits per heavy atom. The number of halogens is 3. The summed E-state index contributed by atoms with van der Waals surface area (Å²) in [6, 6.07) is 6.70. The third-order valence-electron chi connectivity index (χ3n) is 2.93. The van der Waals surface area contributed by atoms with Gasteiger partial charge in [-0.05, 0) is 45.4 Å². The van der Waals surface area contributed by atoms with Crippen molar-refractivity contribution in [3.05, 3.63) is 34.9 Å². The van der Waals surface area contributed by atoms with Crippen molar-refractivity contribution in [2.75, 3.05) is 13.1 Å². The molecule has 1 aromatic carbocycles. The highest BCUT2D eigenvalue weighted by molar-refractivity contribution is 6.30. The Hall–Kier alpha value is -1.40. The van der Waals surface area contributed by atoms with Gasteiger partial charge in [0.1, 0.15) is 5.60 Å². The highest BCUT2D eigenvalue weighted by atomic mass is 35.5. The molecule has 1 unspecified atom stereocenters. The molecule has 0 saturated carbocycles. The summed E-state index contributed by atoms with van der Waals surface area (Å²) in [7, 11) is 0. The molecule has 0 fully saturated rings. The van der Waals surface area contributed by atoms with Crippen LogP contribution in [0.1, 0.15) is 39.3 Å². The SMILES string of the molecule is CC(NCC(F)(F)CNC(=O)OC(C)(C)C)c1ccc(Cl)cc1.